The number of carboxylic acid groups (broad SMARTS) is 4. The molecule has 0 saturated heterocycles. The second-order valence-electron chi connectivity index (χ2n) is 4.76. The van der Waals surface area contributed by atoms with Crippen molar-refractivity contribution in [3.05, 3.63) is 46.0 Å². The number of hydrogen-bond acceptors (Lipinski definition) is 4. The molecule has 118 valence electrons. The number of carbonyl (C=O) groups is 4. The number of aromatic carboxylic acids is 4. The van der Waals surface area contributed by atoms with Crippen LogP contribution in [0, 0.1) is 6.92 Å². The molecule has 0 fully saturated rings. The normalized spacial score (nSPS) is 10.5. The minimum atomic E-state index is -1.49. The molecule has 8 nitrogen and oxygen atoms in total. The maximum Gasteiger partial charge on any atom is 0.336 e. The van der Waals surface area contributed by atoms with Gasteiger partial charge in [0.1, 0.15) is 0 Å². The Kier molecular flexibility index (Phi) is 3.75. The third-order valence-electron chi connectivity index (χ3n) is 3.44. The second kappa shape index (κ2) is 5.41. The third-order valence-corrected chi connectivity index (χ3v) is 3.44. The van der Waals surface area contributed by atoms with Gasteiger partial charge in [-0.15, -0.1) is 0 Å². The van der Waals surface area contributed by atoms with Gasteiger partial charge in [0, 0.05) is 0 Å². The molecule has 4 N–H and O–H groups in total. The molecule has 0 aliphatic heterocycles. The highest BCUT2D eigenvalue weighted by molar-refractivity contribution is 6.11. The van der Waals surface area contributed by atoms with Crippen molar-refractivity contribution in [3.63, 3.8) is 0 Å². The number of fused-ring (bicyclic) bond motifs is 1. The molecule has 0 saturated carbocycles. The molecule has 0 aliphatic rings. The second-order valence-corrected chi connectivity index (χ2v) is 4.76. The molecule has 2 aromatic rings. The van der Waals surface area contributed by atoms with Gasteiger partial charge in [-0.05, 0) is 41.5 Å². The van der Waals surface area contributed by atoms with Crippen LogP contribution in [0.5, 0.6) is 0 Å². The Labute approximate surface area is 128 Å². The lowest BCUT2D eigenvalue weighted by molar-refractivity contribution is 0.0650. The van der Waals surface area contributed by atoms with Gasteiger partial charge in [0.2, 0.25) is 0 Å². The summed E-state index contributed by atoms with van der Waals surface area (Å²) in [5.41, 5.74) is -1.94. The van der Waals surface area contributed by atoms with Crippen molar-refractivity contribution in [2.24, 2.45) is 0 Å². The SMILES string of the molecule is Cc1c(C(=O)O)c(C(=O)O)cc2cc(C(=O)O)c(C(=O)O)cc12. The fourth-order valence-electron chi connectivity index (χ4n) is 2.42. The van der Waals surface area contributed by atoms with Crippen LogP contribution in [-0.2, 0) is 0 Å². The van der Waals surface area contributed by atoms with Gasteiger partial charge in [-0.3, -0.25) is 0 Å². The summed E-state index contributed by atoms with van der Waals surface area (Å²) in [5, 5.41) is 36.8. The molecule has 0 aliphatic carbocycles. The molecule has 0 spiro atoms. The molecule has 8 heteroatoms. The van der Waals surface area contributed by atoms with Crippen molar-refractivity contribution >= 4 is 34.6 Å². The summed E-state index contributed by atoms with van der Waals surface area (Å²) >= 11 is 0. The average Bonchev–Trinajstić information content (AvgIpc) is 2.44. The molecule has 0 bridgehead atoms. The van der Waals surface area contributed by atoms with Crippen LogP contribution < -0.4 is 0 Å². The van der Waals surface area contributed by atoms with Gasteiger partial charge < -0.3 is 20.4 Å². The van der Waals surface area contributed by atoms with Crippen LogP contribution in [0.15, 0.2) is 18.2 Å². The lowest BCUT2D eigenvalue weighted by Gasteiger charge is -2.12. The Morgan fingerprint density at radius 3 is 1.57 bits per heavy atom. The van der Waals surface area contributed by atoms with E-state index in [1.54, 1.807) is 0 Å². The molecule has 0 amide bonds. The lowest BCUT2D eigenvalue weighted by Crippen LogP contribution is -2.12. The zero-order valence-corrected chi connectivity index (χ0v) is 11.7. The summed E-state index contributed by atoms with van der Waals surface area (Å²) < 4.78 is 0. The predicted molar refractivity (Wildman–Crippen MR) is 76.5 cm³/mol. The molecule has 0 atom stereocenters. The summed E-state index contributed by atoms with van der Waals surface area (Å²) in [6.45, 7) is 1.34. The van der Waals surface area contributed by atoms with Crippen LogP contribution in [0.1, 0.15) is 47.0 Å². The Hall–Kier alpha value is -3.42. The predicted octanol–water partition coefficient (Wildman–Crippen LogP) is 1.94. The first-order chi connectivity index (χ1) is 10.6. The first-order valence-electron chi connectivity index (χ1n) is 6.19. The Morgan fingerprint density at radius 2 is 1.13 bits per heavy atom. The molecular weight excluding hydrogens is 308 g/mol. The monoisotopic (exact) mass is 318 g/mol. The highest BCUT2D eigenvalue weighted by atomic mass is 16.4. The first-order valence-corrected chi connectivity index (χ1v) is 6.19. The van der Waals surface area contributed by atoms with Crippen molar-refractivity contribution in [3.8, 4) is 0 Å². The van der Waals surface area contributed by atoms with Gasteiger partial charge in [0.25, 0.3) is 0 Å². The molecule has 23 heavy (non-hydrogen) atoms. The Balaban J connectivity index is 3.02. The number of rotatable bonds is 4. The van der Waals surface area contributed by atoms with Crippen LogP contribution in [-0.4, -0.2) is 44.3 Å². The molecule has 2 rings (SSSR count). The van der Waals surface area contributed by atoms with E-state index in [-0.39, 0.29) is 16.3 Å². The third kappa shape index (κ3) is 2.57. The molecule has 0 heterocycles. The summed E-state index contributed by atoms with van der Waals surface area (Å²) in [7, 11) is 0. The molecular formula is C15H10O8. The summed E-state index contributed by atoms with van der Waals surface area (Å²) in [4.78, 5) is 44.9. The maximum absolute atomic E-state index is 11.3. The van der Waals surface area contributed by atoms with Gasteiger partial charge in [0.05, 0.1) is 22.3 Å². The van der Waals surface area contributed by atoms with E-state index >= 15 is 0 Å². The summed E-state index contributed by atoms with van der Waals surface area (Å²) in [6, 6.07) is 3.08. The van der Waals surface area contributed by atoms with E-state index in [1.165, 1.54) is 6.92 Å². The number of aryl methyl sites for hydroxylation is 1. The van der Waals surface area contributed by atoms with E-state index in [4.69, 9.17) is 15.3 Å². The van der Waals surface area contributed by atoms with Crippen molar-refractivity contribution in [2.75, 3.05) is 0 Å². The zero-order chi connectivity index (χ0) is 17.5. The van der Waals surface area contributed by atoms with Crippen molar-refractivity contribution < 1.29 is 39.6 Å². The number of benzene rings is 2. The maximum atomic E-state index is 11.3. The topological polar surface area (TPSA) is 149 Å². The van der Waals surface area contributed by atoms with E-state index in [1.807, 2.05) is 0 Å². The minimum Gasteiger partial charge on any atom is -0.478 e. The van der Waals surface area contributed by atoms with Crippen LogP contribution in [0.3, 0.4) is 0 Å². The minimum absolute atomic E-state index is 0.0480. The van der Waals surface area contributed by atoms with Gasteiger partial charge in [-0.25, -0.2) is 19.2 Å². The molecule has 0 unspecified atom stereocenters. The van der Waals surface area contributed by atoms with Crippen molar-refractivity contribution in [1.29, 1.82) is 0 Å². The van der Waals surface area contributed by atoms with E-state index in [9.17, 15) is 24.3 Å². The van der Waals surface area contributed by atoms with Crippen LogP contribution in [0.4, 0.5) is 0 Å². The quantitative estimate of drug-likeness (QED) is 0.668. The van der Waals surface area contributed by atoms with Gasteiger partial charge in [-0.1, -0.05) is 0 Å². The number of hydrogen-bond donors (Lipinski definition) is 4. The fraction of sp³-hybridized carbons (Fsp3) is 0.0667. The Bertz CT molecular complexity index is 889. The highest BCUT2D eigenvalue weighted by Crippen LogP contribution is 2.29. The summed E-state index contributed by atoms with van der Waals surface area (Å²) in [5.74, 6) is -5.92. The average molecular weight is 318 g/mol. The van der Waals surface area contributed by atoms with Crippen LogP contribution in [0.2, 0.25) is 0 Å². The molecule has 0 aromatic heterocycles. The van der Waals surface area contributed by atoms with E-state index < -0.39 is 46.1 Å². The van der Waals surface area contributed by atoms with Crippen molar-refractivity contribution in [2.45, 2.75) is 6.92 Å². The van der Waals surface area contributed by atoms with Crippen molar-refractivity contribution in [1.82, 2.24) is 0 Å². The largest absolute Gasteiger partial charge is 0.478 e. The standard InChI is InChI=1S/C15H10O8/c1-5-7-4-9(13(18)19)8(12(16)17)2-6(7)3-10(14(20)21)11(5)15(22)23/h2-4H,1H3,(H,16,17)(H,18,19)(H,20,21)(H,22,23). The van der Waals surface area contributed by atoms with Gasteiger partial charge >= 0.3 is 23.9 Å². The highest BCUT2D eigenvalue weighted by Gasteiger charge is 2.24. The molecule has 2 aromatic carbocycles. The van der Waals surface area contributed by atoms with E-state index in [0.717, 1.165) is 18.2 Å². The van der Waals surface area contributed by atoms with Gasteiger partial charge in [0.15, 0.2) is 0 Å². The van der Waals surface area contributed by atoms with Crippen LogP contribution in [0.25, 0.3) is 10.8 Å². The smallest absolute Gasteiger partial charge is 0.336 e. The fourth-order valence-corrected chi connectivity index (χ4v) is 2.42. The lowest BCUT2D eigenvalue weighted by atomic mass is 9.91. The Morgan fingerprint density at radius 1 is 0.696 bits per heavy atom. The zero-order valence-electron chi connectivity index (χ0n) is 11.7. The molecule has 0 radical (unpaired) electrons. The van der Waals surface area contributed by atoms with Crippen LogP contribution >= 0.6 is 0 Å². The first kappa shape index (κ1) is 16.0. The van der Waals surface area contributed by atoms with E-state index in [2.05, 4.69) is 0 Å². The summed E-state index contributed by atoms with van der Waals surface area (Å²) in [6.07, 6.45) is 0. The van der Waals surface area contributed by atoms with E-state index in [0.29, 0.717) is 0 Å². The number of carboxylic acids is 4. The van der Waals surface area contributed by atoms with Gasteiger partial charge in [-0.2, -0.15) is 0 Å².